The molecule has 1 saturated heterocycles. The van der Waals surface area contributed by atoms with E-state index in [0.717, 1.165) is 19.5 Å². The number of carbonyl (C=O) groups is 1. The number of carbonyl (C=O) groups excluding carboxylic acids is 1. The largest absolute Gasteiger partial charge is 0.373 e. The van der Waals surface area contributed by atoms with E-state index in [1.165, 1.54) is 0 Å². The standard InChI is InChI=1S/C13H18ClN3O/c1-13(2)6-7-17(8-13)12(18)11-9(14)4-5-10(15-3)16-11/h4-5H,6-8H2,1-3H3,(H,15,16). The van der Waals surface area contributed by atoms with Crippen LogP contribution in [0.3, 0.4) is 0 Å². The van der Waals surface area contributed by atoms with Gasteiger partial charge in [-0.2, -0.15) is 0 Å². The van der Waals surface area contributed by atoms with Gasteiger partial charge in [-0.3, -0.25) is 4.79 Å². The summed E-state index contributed by atoms with van der Waals surface area (Å²) in [5.41, 5.74) is 0.518. The van der Waals surface area contributed by atoms with Crippen LogP contribution in [-0.4, -0.2) is 35.9 Å². The Labute approximate surface area is 112 Å². The van der Waals surface area contributed by atoms with E-state index in [1.807, 2.05) is 4.90 Å². The molecule has 1 amide bonds. The number of nitrogens with one attached hydrogen (secondary N) is 1. The first kappa shape index (κ1) is 13.1. The lowest BCUT2D eigenvalue weighted by Gasteiger charge is -2.20. The highest BCUT2D eigenvalue weighted by Crippen LogP contribution is 2.30. The zero-order valence-electron chi connectivity index (χ0n) is 11.0. The normalized spacial score (nSPS) is 17.9. The van der Waals surface area contributed by atoms with E-state index in [-0.39, 0.29) is 11.3 Å². The summed E-state index contributed by atoms with van der Waals surface area (Å²) in [5.74, 6) is 0.573. The minimum Gasteiger partial charge on any atom is -0.373 e. The van der Waals surface area contributed by atoms with E-state index in [4.69, 9.17) is 11.6 Å². The second kappa shape index (κ2) is 4.76. The van der Waals surface area contributed by atoms with Crippen molar-refractivity contribution < 1.29 is 4.79 Å². The van der Waals surface area contributed by atoms with Gasteiger partial charge in [0.05, 0.1) is 5.02 Å². The van der Waals surface area contributed by atoms with Crippen LogP contribution < -0.4 is 5.32 Å². The Morgan fingerprint density at radius 2 is 2.22 bits per heavy atom. The second-order valence-electron chi connectivity index (χ2n) is 5.42. The highest BCUT2D eigenvalue weighted by atomic mass is 35.5. The van der Waals surface area contributed by atoms with E-state index in [0.29, 0.717) is 16.5 Å². The molecule has 0 aliphatic carbocycles. The van der Waals surface area contributed by atoms with Gasteiger partial charge in [-0.25, -0.2) is 4.98 Å². The van der Waals surface area contributed by atoms with Gasteiger partial charge in [0.15, 0.2) is 0 Å². The fourth-order valence-electron chi connectivity index (χ4n) is 2.17. The highest BCUT2D eigenvalue weighted by Gasteiger charge is 2.33. The first-order valence-electron chi connectivity index (χ1n) is 6.06. The third-order valence-corrected chi connectivity index (χ3v) is 3.57. The molecule has 2 rings (SSSR count). The van der Waals surface area contributed by atoms with Crippen LogP contribution in [0.2, 0.25) is 5.02 Å². The Bertz CT molecular complexity index is 473. The van der Waals surface area contributed by atoms with Gasteiger partial charge in [0, 0.05) is 20.1 Å². The summed E-state index contributed by atoms with van der Waals surface area (Å²) < 4.78 is 0. The summed E-state index contributed by atoms with van der Waals surface area (Å²) in [4.78, 5) is 18.5. The molecule has 2 heterocycles. The highest BCUT2D eigenvalue weighted by molar-refractivity contribution is 6.33. The Morgan fingerprint density at radius 1 is 1.50 bits per heavy atom. The van der Waals surface area contributed by atoms with E-state index in [2.05, 4.69) is 24.1 Å². The van der Waals surface area contributed by atoms with Crippen LogP contribution >= 0.6 is 11.6 Å². The van der Waals surface area contributed by atoms with Gasteiger partial charge in [0.1, 0.15) is 11.5 Å². The number of anilines is 1. The maximum atomic E-state index is 12.4. The van der Waals surface area contributed by atoms with Crippen molar-refractivity contribution in [2.24, 2.45) is 5.41 Å². The maximum absolute atomic E-state index is 12.4. The average molecular weight is 268 g/mol. The number of halogens is 1. The molecular weight excluding hydrogens is 250 g/mol. The number of likely N-dealkylation sites (tertiary alicyclic amines) is 1. The molecule has 1 aliphatic rings. The molecule has 0 aromatic carbocycles. The van der Waals surface area contributed by atoms with Crippen molar-refractivity contribution in [1.29, 1.82) is 0 Å². The molecule has 18 heavy (non-hydrogen) atoms. The third-order valence-electron chi connectivity index (χ3n) is 3.27. The molecule has 0 atom stereocenters. The number of aromatic nitrogens is 1. The average Bonchev–Trinajstić information content (AvgIpc) is 2.69. The molecular formula is C13H18ClN3O. The topological polar surface area (TPSA) is 45.2 Å². The monoisotopic (exact) mass is 267 g/mol. The van der Waals surface area contributed by atoms with Crippen LogP contribution in [0, 0.1) is 5.41 Å². The minimum absolute atomic E-state index is 0.0809. The molecule has 1 aliphatic heterocycles. The SMILES string of the molecule is CNc1ccc(Cl)c(C(=O)N2CCC(C)(C)C2)n1. The zero-order chi connectivity index (χ0) is 13.3. The maximum Gasteiger partial charge on any atom is 0.274 e. The second-order valence-corrected chi connectivity index (χ2v) is 5.83. The first-order valence-corrected chi connectivity index (χ1v) is 6.44. The molecule has 0 spiro atoms. The zero-order valence-corrected chi connectivity index (χ0v) is 11.7. The molecule has 1 N–H and O–H groups in total. The predicted octanol–water partition coefficient (Wildman–Crippen LogP) is 2.65. The first-order chi connectivity index (χ1) is 8.43. The van der Waals surface area contributed by atoms with Crippen molar-refractivity contribution >= 4 is 23.3 Å². The van der Waals surface area contributed by atoms with Crippen LogP contribution in [0.5, 0.6) is 0 Å². The molecule has 1 aromatic heterocycles. The van der Waals surface area contributed by atoms with E-state index >= 15 is 0 Å². The van der Waals surface area contributed by atoms with E-state index in [9.17, 15) is 4.79 Å². The van der Waals surface area contributed by atoms with Crippen molar-refractivity contribution in [3.8, 4) is 0 Å². The van der Waals surface area contributed by atoms with Gasteiger partial charge in [0.2, 0.25) is 0 Å². The van der Waals surface area contributed by atoms with Gasteiger partial charge in [-0.05, 0) is 24.0 Å². The number of rotatable bonds is 2. The number of hydrogen-bond acceptors (Lipinski definition) is 3. The van der Waals surface area contributed by atoms with Crippen LogP contribution in [0.25, 0.3) is 0 Å². The Kier molecular flexibility index (Phi) is 3.48. The van der Waals surface area contributed by atoms with Crippen LogP contribution in [0.15, 0.2) is 12.1 Å². The summed E-state index contributed by atoms with van der Waals surface area (Å²) >= 11 is 6.06. The van der Waals surface area contributed by atoms with Gasteiger partial charge < -0.3 is 10.2 Å². The third kappa shape index (κ3) is 2.58. The molecule has 0 bridgehead atoms. The lowest BCUT2D eigenvalue weighted by Crippen LogP contribution is -2.31. The Balaban J connectivity index is 2.24. The summed E-state index contributed by atoms with van der Waals surface area (Å²) in [6.45, 7) is 5.86. The van der Waals surface area contributed by atoms with Gasteiger partial charge >= 0.3 is 0 Å². The summed E-state index contributed by atoms with van der Waals surface area (Å²) in [6, 6.07) is 3.46. The predicted molar refractivity (Wildman–Crippen MR) is 73.1 cm³/mol. The molecule has 5 heteroatoms. The minimum atomic E-state index is -0.0809. The van der Waals surface area contributed by atoms with Gasteiger partial charge in [-0.1, -0.05) is 25.4 Å². The molecule has 4 nitrogen and oxygen atoms in total. The van der Waals surface area contributed by atoms with Crippen molar-refractivity contribution in [2.45, 2.75) is 20.3 Å². The smallest absolute Gasteiger partial charge is 0.274 e. The number of pyridine rings is 1. The fraction of sp³-hybridized carbons (Fsp3) is 0.538. The quantitative estimate of drug-likeness (QED) is 0.896. The summed E-state index contributed by atoms with van der Waals surface area (Å²) in [7, 11) is 1.77. The fourth-order valence-corrected chi connectivity index (χ4v) is 2.35. The van der Waals surface area contributed by atoms with Crippen molar-refractivity contribution in [2.75, 3.05) is 25.5 Å². The van der Waals surface area contributed by atoms with Gasteiger partial charge in [-0.15, -0.1) is 0 Å². The molecule has 98 valence electrons. The van der Waals surface area contributed by atoms with Crippen molar-refractivity contribution in [3.05, 3.63) is 22.8 Å². The summed E-state index contributed by atoms with van der Waals surface area (Å²) in [5, 5.41) is 3.32. The van der Waals surface area contributed by atoms with Crippen LogP contribution in [-0.2, 0) is 0 Å². The molecule has 0 unspecified atom stereocenters. The number of amides is 1. The lowest BCUT2D eigenvalue weighted by molar-refractivity contribution is 0.0773. The van der Waals surface area contributed by atoms with Gasteiger partial charge in [0.25, 0.3) is 5.91 Å². The van der Waals surface area contributed by atoms with E-state index in [1.54, 1.807) is 19.2 Å². The number of hydrogen-bond donors (Lipinski definition) is 1. The lowest BCUT2D eigenvalue weighted by atomic mass is 9.93. The van der Waals surface area contributed by atoms with Crippen LogP contribution in [0.4, 0.5) is 5.82 Å². The summed E-state index contributed by atoms with van der Waals surface area (Å²) in [6.07, 6.45) is 1.02. The molecule has 1 aromatic rings. The van der Waals surface area contributed by atoms with Crippen molar-refractivity contribution in [1.82, 2.24) is 9.88 Å². The molecule has 0 saturated carbocycles. The van der Waals surface area contributed by atoms with Crippen LogP contribution in [0.1, 0.15) is 30.8 Å². The van der Waals surface area contributed by atoms with E-state index < -0.39 is 0 Å². The number of nitrogens with zero attached hydrogens (tertiary/aromatic N) is 2. The molecule has 1 fully saturated rings. The Morgan fingerprint density at radius 3 is 2.78 bits per heavy atom. The molecule has 0 radical (unpaired) electrons. The van der Waals surface area contributed by atoms with Crippen molar-refractivity contribution in [3.63, 3.8) is 0 Å². The Hall–Kier alpha value is -1.29.